The standard InChI is InChI=1S/C17H22N2O2/c1-16(2,17(3,4)21)18-15(20)13-7-9-14(10-8-13)19-11-5-6-12-19/h5-12,21H,1-4H3,(H,18,20). The van der Waals surface area contributed by atoms with Crippen LogP contribution in [0.25, 0.3) is 5.69 Å². The first-order valence-electron chi connectivity index (χ1n) is 6.99. The van der Waals surface area contributed by atoms with Gasteiger partial charge in [-0.1, -0.05) is 0 Å². The van der Waals surface area contributed by atoms with Crippen LogP contribution < -0.4 is 5.32 Å². The fourth-order valence-electron chi connectivity index (χ4n) is 1.80. The molecule has 0 fully saturated rings. The van der Waals surface area contributed by atoms with E-state index in [-0.39, 0.29) is 5.91 Å². The van der Waals surface area contributed by atoms with E-state index in [4.69, 9.17) is 0 Å². The van der Waals surface area contributed by atoms with Crippen LogP contribution in [0.4, 0.5) is 0 Å². The second kappa shape index (κ2) is 5.37. The van der Waals surface area contributed by atoms with Crippen molar-refractivity contribution in [2.45, 2.75) is 38.8 Å². The van der Waals surface area contributed by atoms with Gasteiger partial charge in [0.2, 0.25) is 0 Å². The van der Waals surface area contributed by atoms with Crippen LogP contribution in [0, 0.1) is 0 Å². The zero-order valence-corrected chi connectivity index (χ0v) is 12.9. The van der Waals surface area contributed by atoms with Gasteiger partial charge in [0.15, 0.2) is 0 Å². The minimum Gasteiger partial charge on any atom is -0.388 e. The Morgan fingerprint density at radius 2 is 1.57 bits per heavy atom. The third-order valence-electron chi connectivity index (χ3n) is 3.99. The predicted octanol–water partition coefficient (Wildman–Crippen LogP) is 2.76. The summed E-state index contributed by atoms with van der Waals surface area (Å²) in [5.74, 6) is -0.193. The fourth-order valence-corrected chi connectivity index (χ4v) is 1.80. The summed E-state index contributed by atoms with van der Waals surface area (Å²) in [6.07, 6.45) is 3.90. The second-order valence-electron chi connectivity index (χ2n) is 6.28. The lowest BCUT2D eigenvalue weighted by Crippen LogP contribution is -2.57. The lowest BCUT2D eigenvalue weighted by atomic mass is 9.86. The number of carbonyl (C=O) groups excluding carboxylic acids is 1. The first-order valence-corrected chi connectivity index (χ1v) is 6.99. The van der Waals surface area contributed by atoms with Crippen LogP contribution in [-0.2, 0) is 0 Å². The Morgan fingerprint density at radius 3 is 2.05 bits per heavy atom. The van der Waals surface area contributed by atoms with Gasteiger partial charge in [-0.25, -0.2) is 0 Å². The number of aromatic nitrogens is 1. The molecule has 1 heterocycles. The van der Waals surface area contributed by atoms with Gasteiger partial charge in [-0.05, 0) is 64.1 Å². The van der Waals surface area contributed by atoms with E-state index in [0.29, 0.717) is 5.56 Å². The number of nitrogens with one attached hydrogen (secondary N) is 1. The lowest BCUT2D eigenvalue weighted by molar-refractivity contribution is -0.00292. The van der Waals surface area contributed by atoms with E-state index in [0.717, 1.165) is 5.69 Å². The molecule has 0 saturated carbocycles. The van der Waals surface area contributed by atoms with E-state index in [9.17, 15) is 9.90 Å². The fraction of sp³-hybridized carbons (Fsp3) is 0.353. The number of hydrogen-bond acceptors (Lipinski definition) is 2. The molecule has 0 aliphatic rings. The number of rotatable bonds is 4. The van der Waals surface area contributed by atoms with Crippen LogP contribution in [0.5, 0.6) is 0 Å². The highest BCUT2D eigenvalue weighted by molar-refractivity contribution is 5.94. The van der Waals surface area contributed by atoms with E-state index in [1.54, 1.807) is 39.8 Å². The predicted molar refractivity (Wildman–Crippen MR) is 83.6 cm³/mol. The number of nitrogens with zero attached hydrogens (tertiary/aromatic N) is 1. The molecule has 2 aromatic rings. The SMILES string of the molecule is CC(C)(O)C(C)(C)NC(=O)c1ccc(-n2cccc2)cc1. The molecule has 21 heavy (non-hydrogen) atoms. The lowest BCUT2D eigenvalue weighted by Gasteiger charge is -2.38. The van der Waals surface area contributed by atoms with E-state index in [1.165, 1.54) is 0 Å². The summed E-state index contributed by atoms with van der Waals surface area (Å²) >= 11 is 0. The van der Waals surface area contributed by atoms with Crippen LogP contribution in [0.15, 0.2) is 48.8 Å². The summed E-state index contributed by atoms with van der Waals surface area (Å²) in [5.41, 5.74) is -0.154. The molecule has 0 bridgehead atoms. The number of aliphatic hydroxyl groups is 1. The quantitative estimate of drug-likeness (QED) is 0.908. The van der Waals surface area contributed by atoms with Crippen molar-refractivity contribution in [2.24, 2.45) is 0 Å². The highest BCUT2D eigenvalue weighted by Crippen LogP contribution is 2.21. The van der Waals surface area contributed by atoms with Crippen LogP contribution in [0.2, 0.25) is 0 Å². The van der Waals surface area contributed by atoms with E-state index < -0.39 is 11.1 Å². The monoisotopic (exact) mass is 286 g/mol. The molecular formula is C17H22N2O2. The van der Waals surface area contributed by atoms with Crippen molar-refractivity contribution in [3.63, 3.8) is 0 Å². The van der Waals surface area contributed by atoms with Gasteiger partial charge in [-0.15, -0.1) is 0 Å². The van der Waals surface area contributed by atoms with Gasteiger partial charge in [0.05, 0.1) is 11.1 Å². The van der Waals surface area contributed by atoms with Crippen LogP contribution in [0.3, 0.4) is 0 Å². The molecule has 0 saturated heterocycles. The van der Waals surface area contributed by atoms with Crippen LogP contribution >= 0.6 is 0 Å². The Labute approximate surface area is 125 Å². The summed E-state index contributed by atoms with van der Waals surface area (Å²) in [5, 5.41) is 13.0. The number of benzene rings is 1. The summed E-state index contributed by atoms with van der Waals surface area (Å²) in [7, 11) is 0. The summed E-state index contributed by atoms with van der Waals surface area (Å²) in [4.78, 5) is 12.3. The van der Waals surface area contributed by atoms with Gasteiger partial charge in [0.1, 0.15) is 0 Å². The molecule has 1 aromatic carbocycles. The molecule has 4 heteroatoms. The average molecular weight is 286 g/mol. The van der Waals surface area contributed by atoms with Gasteiger partial charge in [-0.3, -0.25) is 4.79 Å². The summed E-state index contributed by atoms with van der Waals surface area (Å²) in [6, 6.07) is 11.3. The van der Waals surface area contributed by atoms with Crippen LogP contribution in [0.1, 0.15) is 38.1 Å². The highest BCUT2D eigenvalue weighted by Gasteiger charge is 2.36. The van der Waals surface area contributed by atoms with Crippen molar-refractivity contribution in [3.8, 4) is 5.69 Å². The van der Waals surface area contributed by atoms with Crippen molar-refractivity contribution < 1.29 is 9.90 Å². The topological polar surface area (TPSA) is 54.3 Å². The Balaban J connectivity index is 2.14. The Hall–Kier alpha value is -2.07. The number of amides is 1. The van der Waals surface area contributed by atoms with Gasteiger partial charge in [-0.2, -0.15) is 0 Å². The summed E-state index contributed by atoms with van der Waals surface area (Å²) in [6.45, 7) is 6.98. The molecule has 0 aliphatic heterocycles. The molecule has 4 nitrogen and oxygen atoms in total. The molecule has 0 unspecified atom stereocenters. The van der Waals surface area contributed by atoms with Crippen molar-refractivity contribution in [3.05, 3.63) is 54.4 Å². The number of hydrogen-bond donors (Lipinski definition) is 2. The minimum absolute atomic E-state index is 0.193. The third kappa shape index (κ3) is 3.34. The Bertz CT molecular complexity index is 605. The maximum Gasteiger partial charge on any atom is 0.251 e. The van der Waals surface area contributed by atoms with E-state index >= 15 is 0 Å². The maximum atomic E-state index is 12.3. The maximum absolute atomic E-state index is 12.3. The molecule has 2 N–H and O–H groups in total. The van der Waals surface area contributed by atoms with Gasteiger partial charge in [0.25, 0.3) is 5.91 Å². The minimum atomic E-state index is -1.01. The Kier molecular flexibility index (Phi) is 3.92. The van der Waals surface area contributed by atoms with Crippen molar-refractivity contribution in [1.82, 2.24) is 9.88 Å². The van der Waals surface area contributed by atoms with E-state index in [1.807, 2.05) is 41.2 Å². The molecule has 1 amide bonds. The second-order valence-corrected chi connectivity index (χ2v) is 6.28. The molecule has 0 aliphatic carbocycles. The van der Waals surface area contributed by atoms with Gasteiger partial charge >= 0.3 is 0 Å². The third-order valence-corrected chi connectivity index (χ3v) is 3.99. The molecule has 2 rings (SSSR count). The zero-order valence-electron chi connectivity index (χ0n) is 12.9. The molecule has 0 atom stereocenters. The largest absolute Gasteiger partial charge is 0.388 e. The molecule has 1 aromatic heterocycles. The van der Waals surface area contributed by atoms with Gasteiger partial charge < -0.3 is 15.0 Å². The smallest absolute Gasteiger partial charge is 0.251 e. The first kappa shape index (κ1) is 15.3. The zero-order chi connectivity index (χ0) is 15.7. The molecule has 0 radical (unpaired) electrons. The Morgan fingerprint density at radius 1 is 1.05 bits per heavy atom. The van der Waals surface area contributed by atoms with Gasteiger partial charge in [0, 0.05) is 23.6 Å². The van der Waals surface area contributed by atoms with Crippen molar-refractivity contribution >= 4 is 5.91 Å². The molecule has 0 spiro atoms. The highest BCUT2D eigenvalue weighted by atomic mass is 16.3. The summed E-state index contributed by atoms with van der Waals surface area (Å²) < 4.78 is 1.97. The molecule has 112 valence electrons. The van der Waals surface area contributed by atoms with E-state index in [2.05, 4.69) is 5.32 Å². The average Bonchev–Trinajstić information content (AvgIpc) is 2.91. The molecular weight excluding hydrogens is 264 g/mol. The van der Waals surface area contributed by atoms with Crippen molar-refractivity contribution in [2.75, 3.05) is 0 Å². The first-order chi connectivity index (χ1) is 9.71. The normalized spacial score (nSPS) is 12.2. The number of carbonyl (C=O) groups is 1. The van der Waals surface area contributed by atoms with Crippen LogP contribution in [-0.4, -0.2) is 26.7 Å². The van der Waals surface area contributed by atoms with Crippen molar-refractivity contribution in [1.29, 1.82) is 0 Å².